The summed E-state index contributed by atoms with van der Waals surface area (Å²) in [6, 6.07) is 0. The summed E-state index contributed by atoms with van der Waals surface area (Å²) in [5, 5.41) is 5.72. The lowest BCUT2D eigenvalue weighted by Crippen LogP contribution is -2.32. The normalized spacial score (nSPS) is 10.7. The molecule has 0 unspecified atom stereocenters. The molecule has 0 aliphatic carbocycles. The molecule has 160 valence electrons. The number of hydrogen-bond donors (Lipinski definition) is 2. The van der Waals surface area contributed by atoms with Gasteiger partial charge in [-0.1, -0.05) is 104 Å². The molecule has 0 fully saturated rings. The van der Waals surface area contributed by atoms with Gasteiger partial charge in [-0.2, -0.15) is 0 Å². The second-order valence-electron chi connectivity index (χ2n) is 7.83. The number of amides is 2. The fourth-order valence-electron chi connectivity index (χ4n) is 3.24. The monoisotopic (exact) mass is 382 g/mol. The van der Waals surface area contributed by atoms with Gasteiger partial charge in [0, 0.05) is 13.1 Å². The molecular weight excluding hydrogens is 336 g/mol. The van der Waals surface area contributed by atoms with Gasteiger partial charge < -0.3 is 10.6 Å². The van der Waals surface area contributed by atoms with Gasteiger partial charge in [0.05, 0.1) is 0 Å². The lowest BCUT2D eigenvalue weighted by molar-refractivity contribution is -0.129. The van der Waals surface area contributed by atoms with Crippen molar-refractivity contribution in [2.24, 2.45) is 0 Å². The topological polar surface area (TPSA) is 58.2 Å². The van der Waals surface area contributed by atoms with Crippen molar-refractivity contribution in [2.45, 2.75) is 123 Å². The molecular formula is C23H46N2O2. The van der Waals surface area contributed by atoms with Crippen molar-refractivity contribution < 1.29 is 9.59 Å². The van der Waals surface area contributed by atoms with E-state index in [-0.39, 0.29) is 18.2 Å². The number of hydrogen-bond acceptors (Lipinski definition) is 2. The number of unbranched alkanes of at least 4 members (excludes halogenated alkanes) is 14. The van der Waals surface area contributed by atoms with E-state index in [4.69, 9.17) is 0 Å². The van der Waals surface area contributed by atoms with E-state index >= 15 is 0 Å². The minimum Gasteiger partial charge on any atom is -0.356 e. The number of rotatable bonds is 20. The minimum atomic E-state index is -0.147. The van der Waals surface area contributed by atoms with Crippen LogP contribution in [0.15, 0.2) is 0 Å². The van der Waals surface area contributed by atoms with Gasteiger partial charge >= 0.3 is 0 Å². The molecule has 0 radical (unpaired) electrons. The molecule has 2 N–H and O–H groups in total. The van der Waals surface area contributed by atoms with Crippen molar-refractivity contribution >= 4 is 11.8 Å². The van der Waals surface area contributed by atoms with E-state index < -0.39 is 0 Å². The third kappa shape index (κ3) is 21.1. The van der Waals surface area contributed by atoms with E-state index in [0.717, 1.165) is 25.7 Å². The summed E-state index contributed by atoms with van der Waals surface area (Å²) in [7, 11) is 0. The second kappa shape index (κ2) is 21.2. The second-order valence-corrected chi connectivity index (χ2v) is 7.83. The van der Waals surface area contributed by atoms with Crippen molar-refractivity contribution in [1.82, 2.24) is 10.6 Å². The Balaban J connectivity index is 3.33. The molecule has 4 nitrogen and oxygen atoms in total. The molecule has 0 bridgehead atoms. The molecule has 27 heavy (non-hydrogen) atoms. The Morgan fingerprint density at radius 2 is 0.778 bits per heavy atom. The zero-order valence-electron chi connectivity index (χ0n) is 18.3. The first-order valence-corrected chi connectivity index (χ1v) is 11.7. The molecule has 0 saturated heterocycles. The van der Waals surface area contributed by atoms with Gasteiger partial charge in [0.1, 0.15) is 6.42 Å². The Hall–Kier alpha value is -1.06. The maximum Gasteiger partial charge on any atom is 0.229 e. The van der Waals surface area contributed by atoms with Crippen LogP contribution in [0.3, 0.4) is 0 Å². The van der Waals surface area contributed by atoms with Crippen LogP contribution in [0.5, 0.6) is 0 Å². The molecule has 0 aliphatic heterocycles. The van der Waals surface area contributed by atoms with Crippen LogP contribution in [0.4, 0.5) is 0 Å². The quantitative estimate of drug-likeness (QED) is 0.204. The number of carbonyl (C=O) groups excluding carboxylic acids is 2. The van der Waals surface area contributed by atoms with E-state index in [0.29, 0.717) is 13.1 Å². The average molecular weight is 383 g/mol. The number of nitrogens with one attached hydrogen (secondary N) is 2. The van der Waals surface area contributed by atoms with E-state index in [1.807, 2.05) is 0 Å². The molecule has 0 rings (SSSR count). The van der Waals surface area contributed by atoms with Crippen molar-refractivity contribution in [3.05, 3.63) is 0 Å². The molecule has 0 aliphatic rings. The molecule has 0 spiro atoms. The van der Waals surface area contributed by atoms with E-state index in [9.17, 15) is 9.59 Å². The number of carbonyl (C=O) groups is 2. The van der Waals surface area contributed by atoms with Crippen LogP contribution >= 0.6 is 0 Å². The predicted octanol–water partition coefficient (Wildman–Crippen LogP) is 5.89. The first-order chi connectivity index (χ1) is 13.2. The van der Waals surface area contributed by atoms with Crippen LogP contribution in [-0.2, 0) is 9.59 Å². The van der Waals surface area contributed by atoms with Gasteiger partial charge in [-0.25, -0.2) is 0 Å². The third-order valence-electron chi connectivity index (χ3n) is 5.03. The highest BCUT2D eigenvalue weighted by Gasteiger charge is 2.07. The van der Waals surface area contributed by atoms with E-state index in [2.05, 4.69) is 24.5 Å². The molecule has 0 saturated carbocycles. The van der Waals surface area contributed by atoms with Crippen LogP contribution in [0, 0.1) is 0 Å². The van der Waals surface area contributed by atoms with Gasteiger partial charge in [0.25, 0.3) is 0 Å². The highest BCUT2D eigenvalue weighted by atomic mass is 16.2. The lowest BCUT2D eigenvalue weighted by Gasteiger charge is -2.07. The summed E-state index contributed by atoms with van der Waals surface area (Å²) in [6.07, 6.45) is 20.1. The summed E-state index contributed by atoms with van der Waals surface area (Å²) < 4.78 is 0. The fraction of sp³-hybridized carbons (Fsp3) is 0.913. The molecule has 0 heterocycles. The summed E-state index contributed by atoms with van der Waals surface area (Å²) >= 11 is 0. The van der Waals surface area contributed by atoms with Gasteiger partial charge in [-0.3, -0.25) is 9.59 Å². The SMILES string of the molecule is CCCCCCCCCCNC(=O)CC(=O)NCCCCCCCCCC. The third-order valence-corrected chi connectivity index (χ3v) is 5.03. The highest BCUT2D eigenvalue weighted by molar-refractivity contribution is 5.96. The Morgan fingerprint density at radius 1 is 0.481 bits per heavy atom. The van der Waals surface area contributed by atoms with Gasteiger partial charge in [0.15, 0.2) is 0 Å². The smallest absolute Gasteiger partial charge is 0.229 e. The van der Waals surface area contributed by atoms with Gasteiger partial charge in [-0.15, -0.1) is 0 Å². The molecule has 0 aromatic heterocycles. The van der Waals surface area contributed by atoms with Gasteiger partial charge in [0.2, 0.25) is 11.8 Å². The summed E-state index contributed by atoms with van der Waals surface area (Å²) in [4.78, 5) is 23.5. The predicted molar refractivity (Wildman–Crippen MR) is 116 cm³/mol. The largest absolute Gasteiger partial charge is 0.356 e. The molecule has 4 heteroatoms. The zero-order chi connectivity index (χ0) is 20.0. The maximum absolute atomic E-state index is 11.7. The van der Waals surface area contributed by atoms with Crippen molar-refractivity contribution in [2.75, 3.05) is 13.1 Å². The lowest BCUT2D eigenvalue weighted by atomic mass is 10.1. The first-order valence-electron chi connectivity index (χ1n) is 11.7. The molecule has 0 atom stereocenters. The van der Waals surface area contributed by atoms with Crippen LogP contribution in [0.1, 0.15) is 123 Å². The Kier molecular flexibility index (Phi) is 20.4. The standard InChI is InChI=1S/C23H46N2O2/c1-3-5-7-9-11-13-15-17-19-24-22(26)21-23(27)25-20-18-16-14-12-10-8-6-4-2/h3-21H2,1-2H3,(H,24,26)(H,25,27). The molecule has 2 amide bonds. The van der Waals surface area contributed by atoms with Crippen LogP contribution in [-0.4, -0.2) is 24.9 Å². The van der Waals surface area contributed by atoms with Crippen LogP contribution in [0.2, 0.25) is 0 Å². The Morgan fingerprint density at radius 3 is 1.11 bits per heavy atom. The van der Waals surface area contributed by atoms with Crippen molar-refractivity contribution in [3.8, 4) is 0 Å². The minimum absolute atomic E-state index is 0.0337. The fourth-order valence-corrected chi connectivity index (χ4v) is 3.24. The summed E-state index contributed by atoms with van der Waals surface area (Å²) in [5.41, 5.74) is 0. The molecule has 0 aromatic carbocycles. The van der Waals surface area contributed by atoms with Crippen molar-refractivity contribution in [3.63, 3.8) is 0 Å². The van der Waals surface area contributed by atoms with Gasteiger partial charge in [-0.05, 0) is 12.8 Å². The van der Waals surface area contributed by atoms with E-state index in [1.54, 1.807) is 0 Å². The zero-order valence-corrected chi connectivity index (χ0v) is 18.3. The Bertz CT molecular complexity index is 313. The Labute approximate surface area is 168 Å². The average Bonchev–Trinajstić information content (AvgIpc) is 2.65. The molecule has 0 aromatic rings. The maximum atomic E-state index is 11.7. The summed E-state index contributed by atoms with van der Waals surface area (Å²) in [5.74, 6) is -0.294. The summed E-state index contributed by atoms with van der Waals surface area (Å²) in [6.45, 7) is 5.86. The van der Waals surface area contributed by atoms with Crippen LogP contribution in [0.25, 0.3) is 0 Å². The van der Waals surface area contributed by atoms with Crippen LogP contribution < -0.4 is 10.6 Å². The van der Waals surface area contributed by atoms with E-state index in [1.165, 1.54) is 77.0 Å². The van der Waals surface area contributed by atoms with Crippen molar-refractivity contribution in [1.29, 1.82) is 0 Å². The highest BCUT2D eigenvalue weighted by Crippen LogP contribution is 2.08. The first kappa shape index (κ1) is 25.9.